The van der Waals surface area contributed by atoms with E-state index in [2.05, 4.69) is 44.7 Å². The number of hydrogen-bond acceptors (Lipinski definition) is 9. The quantitative estimate of drug-likeness (QED) is 0.121. The maximum Gasteiger partial charge on any atom is 0.262 e. The van der Waals surface area contributed by atoms with Crippen LogP contribution in [0.4, 0.5) is 5.69 Å². The molecule has 58 heavy (non-hydrogen) atoms. The molecule has 1 aliphatic carbocycles. The van der Waals surface area contributed by atoms with Crippen LogP contribution in [0, 0.1) is 0 Å². The van der Waals surface area contributed by atoms with Crippen molar-refractivity contribution in [3.63, 3.8) is 0 Å². The van der Waals surface area contributed by atoms with Crippen LogP contribution in [0.2, 0.25) is 5.02 Å². The summed E-state index contributed by atoms with van der Waals surface area (Å²) in [6.07, 6.45) is 9.20. The van der Waals surface area contributed by atoms with Crippen LogP contribution in [-0.2, 0) is 38.4 Å². The maximum absolute atomic E-state index is 13.5. The molecule has 1 saturated carbocycles. The van der Waals surface area contributed by atoms with Crippen LogP contribution >= 0.6 is 11.6 Å². The molecule has 7 rings (SSSR count). The van der Waals surface area contributed by atoms with Crippen LogP contribution in [0.15, 0.2) is 60.7 Å². The van der Waals surface area contributed by atoms with Gasteiger partial charge in [0.25, 0.3) is 11.8 Å². The average Bonchev–Trinajstić information content (AvgIpc) is 3.24. The van der Waals surface area contributed by atoms with E-state index >= 15 is 0 Å². The van der Waals surface area contributed by atoms with Crippen molar-refractivity contribution in [3.8, 4) is 11.5 Å². The number of likely N-dealkylation sites (tertiary alicyclic amines) is 1. The summed E-state index contributed by atoms with van der Waals surface area (Å²) in [6, 6.07) is 19.5. The largest absolute Gasteiger partial charge is 0.506 e. The van der Waals surface area contributed by atoms with Gasteiger partial charge in [0.1, 0.15) is 11.4 Å². The number of phenolic OH excluding ortho intramolecular Hbond substituents is 1. The molecule has 312 valence electrons. The van der Waals surface area contributed by atoms with E-state index in [4.69, 9.17) is 25.8 Å². The number of phenols is 1. The number of ether oxygens (including phenoxy) is 3. The molecule has 0 atom stereocenters. The normalized spacial score (nSPS) is 18.4. The molecule has 3 aromatic rings. The number of rotatable bonds is 16. The van der Waals surface area contributed by atoms with Crippen molar-refractivity contribution < 1.29 is 33.7 Å². The standard InChI is InChI=1S/C45H58ClN5O7/c46-37-9-5-8-36(29-37)44(55)50-24-27-58-45(32-50)17-21-49(22-18-45)30-34-7-4-6-33(28-34)15-25-56-26-16-41(54)51(38-10-2-1-3-11-38)23-20-47-19-14-35-12-13-39(52)42-43(35)57-31-40(53)48-42/h4-9,12-13,28-29,38,47,52H,1-3,10-11,14-27,30-32H2,(H,48,53). The fourth-order valence-electron chi connectivity index (χ4n) is 8.84. The van der Waals surface area contributed by atoms with Crippen LogP contribution < -0.4 is 15.4 Å². The number of morpholine rings is 1. The molecule has 0 radical (unpaired) electrons. The number of hydrogen-bond donors (Lipinski definition) is 3. The molecule has 4 aliphatic rings. The monoisotopic (exact) mass is 815 g/mol. The molecule has 13 heteroatoms. The van der Waals surface area contributed by atoms with Gasteiger partial charge in [-0.05, 0) is 86.0 Å². The van der Waals surface area contributed by atoms with E-state index in [9.17, 15) is 19.5 Å². The third-order valence-corrected chi connectivity index (χ3v) is 12.3. The Hall–Kier alpha value is -4.20. The summed E-state index contributed by atoms with van der Waals surface area (Å²) >= 11 is 6.16. The zero-order valence-electron chi connectivity index (χ0n) is 33.5. The van der Waals surface area contributed by atoms with Crippen molar-refractivity contribution in [1.29, 1.82) is 0 Å². The van der Waals surface area contributed by atoms with Gasteiger partial charge in [0.05, 0.1) is 38.4 Å². The molecule has 3 N–H and O–H groups in total. The molecule has 3 aliphatic heterocycles. The highest BCUT2D eigenvalue weighted by Crippen LogP contribution is 2.39. The Balaban J connectivity index is 0.812. The smallest absolute Gasteiger partial charge is 0.262 e. The highest BCUT2D eigenvalue weighted by molar-refractivity contribution is 6.31. The van der Waals surface area contributed by atoms with E-state index in [1.54, 1.807) is 18.2 Å². The van der Waals surface area contributed by atoms with Crippen molar-refractivity contribution in [3.05, 3.63) is 87.9 Å². The van der Waals surface area contributed by atoms with Crippen molar-refractivity contribution >= 4 is 35.0 Å². The van der Waals surface area contributed by atoms with Crippen LogP contribution in [0.1, 0.15) is 78.4 Å². The topological polar surface area (TPSA) is 133 Å². The number of fused-ring (bicyclic) bond motifs is 1. The minimum absolute atomic E-state index is 0.00588. The van der Waals surface area contributed by atoms with Crippen LogP contribution in [-0.4, -0.2) is 121 Å². The lowest BCUT2D eigenvalue weighted by molar-refractivity contribution is -0.135. The first-order chi connectivity index (χ1) is 28.2. The molecule has 3 aromatic carbocycles. The molecule has 3 amide bonds. The molecule has 3 fully saturated rings. The molecule has 2 saturated heterocycles. The van der Waals surface area contributed by atoms with Gasteiger partial charge in [-0.25, -0.2) is 0 Å². The zero-order valence-corrected chi connectivity index (χ0v) is 34.3. The van der Waals surface area contributed by atoms with E-state index in [1.165, 1.54) is 17.5 Å². The fraction of sp³-hybridized carbons (Fsp3) is 0.533. The Labute approximate surface area is 347 Å². The second-order valence-electron chi connectivity index (χ2n) is 16.1. The third kappa shape index (κ3) is 11.1. The summed E-state index contributed by atoms with van der Waals surface area (Å²) in [6.45, 7) is 7.32. The van der Waals surface area contributed by atoms with Gasteiger partial charge in [-0.1, -0.05) is 67.3 Å². The van der Waals surface area contributed by atoms with Crippen LogP contribution in [0.5, 0.6) is 11.5 Å². The number of nitrogens with one attached hydrogen (secondary N) is 2. The first-order valence-corrected chi connectivity index (χ1v) is 21.5. The molecule has 0 aromatic heterocycles. The van der Waals surface area contributed by atoms with Gasteiger partial charge in [-0.15, -0.1) is 0 Å². The van der Waals surface area contributed by atoms with Crippen molar-refractivity contribution in [2.75, 3.05) is 77.6 Å². The molecular formula is C45H58ClN5O7. The van der Waals surface area contributed by atoms with Gasteiger partial charge >= 0.3 is 0 Å². The summed E-state index contributed by atoms with van der Waals surface area (Å²) in [5.74, 6) is 0.397. The number of piperidine rings is 1. The Bertz CT molecular complexity index is 1880. The Morgan fingerprint density at radius 1 is 0.966 bits per heavy atom. The van der Waals surface area contributed by atoms with E-state index < -0.39 is 0 Å². The number of benzene rings is 3. The predicted octanol–water partition coefficient (Wildman–Crippen LogP) is 5.83. The van der Waals surface area contributed by atoms with Crippen molar-refractivity contribution in [1.82, 2.24) is 20.0 Å². The lowest BCUT2D eigenvalue weighted by atomic mass is 9.89. The lowest BCUT2D eigenvalue weighted by Crippen LogP contribution is -2.57. The molecular weight excluding hydrogens is 758 g/mol. The van der Waals surface area contributed by atoms with Gasteiger partial charge in [-0.2, -0.15) is 0 Å². The van der Waals surface area contributed by atoms with Gasteiger partial charge in [0, 0.05) is 55.9 Å². The maximum atomic E-state index is 13.5. The van der Waals surface area contributed by atoms with Gasteiger partial charge in [0.15, 0.2) is 12.4 Å². The summed E-state index contributed by atoms with van der Waals surface area (Å²) < 4.78 is 18.0. The molecule has 0 unspecified atom stereocenters. The number of aromatic hydroxyl groups is 1. The van der Waals surface area contributed by atoms with Gasteiger partial charge in [0.2, 0.25) is 5.91 Å². The molecule has 1 spiro atoms. The Morgan fingerprint density at radius 2 is 1.78 bits per heavy atom. The van der Waals surface area contributed by atoms with Crippen molar-refractivity contribution in [2.24, 2.45) is 0 Å². The SMILES string of the molecule is O=C1COc2c(CCNCCN(C(=O)CCOCCc3cccc(CN4CCC5(CC4)CN(C(=O)c4cccc(Cl)c4)CCO5)c3)C3CCCCC3)ccc(O)c2N1. The fourth-order valence-corrected chi connectivity index (χ4v) is 9.03. The zero-order chi connectivity index (χ0) is 40.3. The number of anilines is 1. The summed E-state index contributed by atoms with van der Waals surface area (Å²) in [4.78, 5) is 45.0. The van der Waals surface area contributed by atoms with E-state index in [1.807, 2.05) is 23.1 Å². The first-order valence-electron chi connectivity index (χ1n) is 21.1. The highest BCUT2D eigenvalue weighted by atomic mass is 35.5. The van der Waals surface area contributed by atoms with Gasteiger partial charge < -0.3 is 39.8 Å². The lowest BCUT2D eigenvalue weighted by Gasteiger charge is -2.47. The van der Waals surface area contributed by atoms with E-state index in [-0.39, 0.29) is 41.7 Å². The number of carbonyl (C=O) groups is 3. The summed E-state index contributed by atoms with van der Waals surface area (Å²) in [7, 11) is 0. The second kappa shape index (κ2) is 20.2. The molecule has 12 nitrogen and oxygen atoms in total. The van der Waals surface area contributed by atoms with E-state index in [0.717, 1.165) is 70.1 Å². The minimum Gasteiger partial charge on any atom is -0.506 e. The highest BCUT2D eigenvalue weighted by Gasteiger charge is 2.41. The molecule has 0 bridgehead atoms. The third-order valence-electron chi connectivity index (χ3n) is 12.0. The number of nitrogens with zero attached hydrogens (tertiary/aromatic N) is 3. The molecule has 3 heterocycles. The summed E-state index contributed by atoms with van der Waals surface area (Å²) in [5.41, 5.74) is 4.05. The summed E-state index contributed by atoms with van der Waals surface area (Å²) in [5, 5.41) is 16.9. The van der Waals surface area contributed by atoms with Gasteiger partial charge in [-0.3, -0.25) is 19.3 Å². The first kappa shape index (κ1) is 41.9. The Kier molecular flexibility index (Phi) is 14.6. The second-order valence-corrected chi connectivity index (χ2v) is 16.6. The number of amides is 3. The number of halogens is 1. The van der Waals surface area contributed by atoms with Crippen LogP contribution in [0.3, 0.4) is 0 Å². The van der Waals surface area contributed by atoms with Crippen LogP contribution in [0.25, 0.3) is 0 Å². The Morgan fingerprint density at radius 3 is 2.60 bits per heavy atom. The average molecular weight is 816 g/mol. The number of carbonyl (C=O) groups excluding carboxylic acids is 3. The minimum atomic E-state index is -0.303. The van der Waals surface area contributed by atoms with Crippen molar-refractivity contribution in [2.45, 2.75) is 82.4 Å². The van der Waals surface area contributed by atoms with E-state index in [0.29, 0.717) is 87.4 Å². The predicted molar refractivity (Wildman–Crippen MR) is 224 cm³/mol.